The third-order valence-corrected chi connectivity index (χ3v) is 4.42. The van der Waals surface area contributed by atoms with Crippen molar-refractivity contribution in [2.75, 3.05) is 0 Å². The van der Waals surface area contributed by atoms with Gasteiger partial charge in [-0.3, -0.25) is 4.79 Å². The number of aromatic hydroxyl groups is 1. The number of aldehydes is 1. The van der Waals surface area contributed by atoms with Gasteiger partial charge in [-0.15, -0.1) is 5.10 Å². The predicted molar refractivity (Wildman–Crippen MR) is 104 cm³/mol. The predicted octanol–water partition coefficient (Wildman–Crippen LogP) is 4.43. The molecule has 0 amide bonds. The topological polar surface area (TPSA) is 68.0 Å². The van der Waals surface area contributed by atoms with E-state index in [-0.39, 0.29) is 11.3 Å². The Morgan fingerprint density at radius 3 is 2.19 bits per heavy atom. The van der Waals surface area contributed by atoms with E-state index in [0.717, 1.165) is 28.1 Å². The Bertz CT molecular complexity index is 1100. The molecule has 1 N–H and O–H groups in total. The fourth-order valence-corrected chi connectivity index (χ4v) is 2.97. The zero-order valence-electron chi connectivity index (χ0n) is 14.7. The maximum absolute atomic E-state index is 10.9. The third kappa shape index (κ3) is 3.22. The van der Waals surface area contributed by atoms with Crippen LogP contribution in [0.3, 0.4) is 0 Å². The number of phenols is 1. The van der Waals surface area contributed by atoms with Gasteiger partial charge in [-0.25, -0.2) is 0 Å². The van der Waals surface area contributed by atoms with Gasteiger partial charge in [0.25, 0.3) is 0 Å². The molecule has 3 aromatic carbocycles. The molecule has 27 heavy (non-hydrogen) atoms. The maximum Gasteiger partial charge on any atom is 0.153 e. The Hall–Kier alpha value is -3.73. The highest BCUT2D eigenvalue weighted by Gasteiger charge is 2.12. The van der Waals surface area contributed by atoms with Crippen LogP contribution in [0, 0.1) is 6.92 Å². The van der Waals surface area contributed by atoms with E-state index in [0.29, 0.717) is 12.0 Å². The largest absolute Gasteiger partial charge is 0.507 e. The lowest BCUT2D eigenvalue weighted by Gasteiger charge is -2.03. The van der Waals surface area contributed by atoms with Crippen molar-refractivity contribution in [3.63, 3.8) is 0 Å². The molecule has 0 radical (unpaired) electrons. The summed E-state index contributed by atoms with van der Waals surface area (Å²) in [5.74, 6) is -0.0915. The smallest absolute Gasteiger partial charge is 0.153 e. The lowest BCUT2D eigenvalue weighted by Crippen LogP contribution is -1.99. The van der Waals surface area contributed by atoms with Gasteiger partial charge < -0.3 is 5.11 Å². The first-order chi connectivity index (χ1) is 13.2. The van der Waals surface area contributed by atoms with Crippen molar-refractivity contribution < 1.29 is 9.90 Å². The van der Waals surface area contributed by atoms with Gasteiger partial charge in [-0.05, 0) is 30.2 Å². The third-order valence-electron chi connectivity index (χ3n) is 4.42. The Kier molecular flexibility index (Phi) is 4.26. The normalized spacial score (nSPS) is 10.7. The minimum atomic E-state index is -0.0915. The quantitative estimate of drug-likeness (QED) is 0.550. The van der Waals surface area contributed by atoms with Crippen molar-refractivity contribution in [2.45, 2.75) is 6.92 Å². The van der Waals surface area contributed by atoms with E-state index < -0.39 is 0 Å². The van der Waals surface area contributed by atoms with Crippen LogP contribution in [0.25, 0.3) is 28.1 Å². The molecule has 1 heterocycles. The summed E-state index contributed by atoms with van der Waals surface area (Å²) in [5, 5.41) is 18.9. The molecule has 132 valence electrons. The number of rotatable bonds is 4. The molecule has 0 bridgehead atoms. The highest BCUT2D eigenvalue weighted by Crippen LogP contribution is 2.26. The number of phenolic OH excluding ortho intramolecular Hbond substituents is 1. The van der Waals surface area contributed by atoms with Gasteiger partial charge in [0.2, 0.25) is 0 Å². The standard InChI is InChI=1S/C22H17N3O2/c1-15-22(18-9-7-17(8-10-18)16-5-3-2-4-6-16)24-25(23-15)20-12-11-19(14-26)21(27)13-20/h2-14,27H,1H3. The zero-order chi connectivity index (χ0) is 18.8. The van der Waals surface area contributed by atoms with E-state index >= 15 is 0 Å². The fraction of sp³-hybridized carbons (Fsp3) is 0.0455. The summed E-state index contributed by atoms with van der Waals surface area (Å²) in [6.45, 7) is 1.89. The van der Waals surface area contributed by atoms with Crippen molar-refractivity contribution in [1.29, 1.82) is 0 Å². The van der Waals surface area contributed by atoms with Gasteiger partial charge in [-0.1, -0.05) is 54.6 Å². The van der Waals surface area contributed by atoms with Crippen LogP contribution >= 0.6 is 0 Å². The van der Waals surface area contributed by atoms with Gasteiger partial charge in [0.05, 0.1) is 16.9 Å². The molecule has 4 rings (SSSR count). The summed E-state index contributed by atoms with van der Waals surface area (Å²) in [6, 6.07) is 23.1. The number of benzene rings is 3. The molecule has 0 atom stereocenters. The lowest BCUT2D eigenvalue weighted by atomic mass is 10.0. The van der Waals surface area contributed by atoms with Gasteiger partial charge in [-0.2, -0.15) is 9.90 Å². The van der Waals surface area contributed by atoms with Gasteiger partial charge in [0.15, 0.2) is 6.29 Å². The number of hydrogen-bond donors (Lipinski definition) is 1. The summed E-state index contributed by atoms with van der Waals surface area (Å²) in [4.78, 5) is 12.3. The number of aromatic nitrogens is 3. The summed E-state index contributed by atoms with van der Waals surface area (Å²) >= 11 is 0. The second-order valence-electron chi connectivity index (χ2n) is 6.23. The minimum absolute atomic E-state index is 0.0915. The number of carbonyl (C=O) groups is 1. The molecule has 5 heteroatoms. The fourth-order valence-electron chi connectivity index (χ4n) is 2.97. The molecule has 4 aromatic rings. The van der Waals surface area contributed by atoms with Gasteiger partial charge in [0, 0.05) is 11.6 Å². The maximum atomic E-state index is 10.9. The van der Waals surface area contributed by atoms with Crippen molar-refractivity contribution in [3.05, 3.63) is 84.1 Å². The molecule has 1 aromatic heterocycles. The Balaban J connectivity index is 1.67. The summed E-state index contributed by atoms with van der Waals surface area (Å²) in [5.41, 5.74) is 5.64. The zero-order valence-corrected chi connectivity index (χ0v) is 14.7. The summed E-state index contributed by atoms with van der Waals surface area (Å²) in [6.07, 6.45) is 0.612. The Morgan fingerprint density at radius 1 is 0.852 bits per heavy atom. The molecule has 0 aliphatic carbocycles. The SMILES string of the molecule is Cc1nn(-c2ccc(C=O)c(O)c2)nc1-c1ccc(-c2ccccc2)cc1. The average molecular weight is 355 g/mol. The number of carbonyl (C=O) groups excluding carboxylic acids is 1. The molecular formula is C22H17N3O2. The van der Waals surface area contributed by atoms with Crippen LogP contribution in [-0.4, -0.2) is 26.4 Å². The van der Waals surface area contributed by atoms with E-state index in [1.807, 2.05) is 37.3 Å². The molecule has 0 aliphatic rings. The first kappa shape index (κ1) is 16.7. The van der Waals surface area contributed by atoms with E-state index in [2.05, 4.69) is 34.5 Å². The van der Waals surface area contributed by atoms with Crippen LogP contribution in [0.15, 0.2) is 72.8 Å². The minimum Gasteiger partial charge on any atom is -0.507 e. The number of nitrogens with zero attached hydrogens (tertiary/aromatic N) is 3. The Labute approximate surface area is 156 Å². The van der Waals surface area contributed by atoms with E-state index in [9.17, 15) is 9.90 Å². The van der Waals surface area contributed by atoms with Crippen molar-refractivity contribution >= 4 is 6.29 Å². The van der Waals surface area contributed by atoms with Crippen molar-refractivity contribution in [3.8, 4) is 33.8 Å². The van der Waals surface area contributed by atoms with Gasteiger partial charge >= 0.3 is 0 Å². The second kappa shape index (κ2) is 6.88. The molecule has 5 nitrogen and oxygen atoms in total. The summed E-state index contributed by atoms with van der Waals surface area (Å²) < 4.78 is 0. The van der Waals surface area contributed by atoms with Crippen LogP contribution in [0.2, 0.25) is 0 Å². The van der Waals surface area contributed by atoms with Crippen LogP contribution in [0.1, 0.15) is 16.1 Å². The number of hydrogen-bond acceptors (Lipinski definition) is 4. The summed E-state index contributed by atoms with van der Waals surface area (Å²) in [7, 11) is 0. The average Bonchev–Trinajstić information content (AvgIpc) is 3.10. The molecular weight excluding hydrogens is 338 g/mol. The van der Waals surface area contributed by atoms with Crippen molar-refractivity contribution in [2.24, 2.45) is 0 Å². The van der Waals surface area contributed by atoms with E-state index in [4.69, 9.17) is 0 Å². The van der Waals surface area contributed by atoms with Crippen LogP contribution in [-0.2, 0) is 0 Å². The number of aryl methyl sites for hydroxylation is 1. The van der Waals surface area contributed by atoms with E-state index in [1.165, 1.54) is 10.9 Å². The monoisotopic (exact) mass is 355 g/mol. The molecule has 0 aliphatic heterocycles. The molecule has 0 spiro atoms. The molecule has 0 saturated heterocycles. The first-order valence-corrected chi connectivity index (χ1v) is 8.54. The van der Waals surface area contributed by atoms with Crippen molar-refractivity contribution in [1.82, 2.24) is 15.0 Å². The highest BCUT2D eigenvalue weighted by molar-refractivity contribution is 5.79. The second-order valence-corrected chi connectivity index (χ2v) is 6.23. The molecule has 0 saturated carbocycles. The van der Waals surface area contributed by atoms with Crippen LogP contribution in [0.4, 0.5) is 0 Å². The van der Waals surface area contributed by atoms with Crippen LogP contribution < -0.4 is 0 Å². The van der Waals surface area contributed by atoms with E-state index in [1.54, 1.807) is 12.1 Å². The lowest BCUT2D eigenvalue weighted by molar-refractivity contribution is 0.112. The Morgan fingerprint density at radius 2 is 1.52 bits per heavy atom. The first-order valence-electron chi connectivity index (χ1n) is 8.54. The van der Waals surface area contributed by atoms with Gasteiger partial charge in [0.1, 0.15) is 11.4 Å². The highest BCUT2D eigenvalue weighted by atomic mass is 16.3. The van der Waals surface area contributed by atoms with Crippen LogP contribution in [0.5, 0.6) is 5.75 Å². The molecule has 0 unspecified atom stereocenters. The molecule has 0 fully saturated rings.